The first kappa shape index (κ1) is 13.1. The van der Waals surface area contributed by atoms with E-state index in [1.807, 2.05) is 20.0 Å². The molecule has 1 atom stereocenters. The Labute approximate surface area is 109 Å². The van der Waals surface area contributed by atoms with Gasteiger partial charge in [-0.3, -0.25) is 0 Å². The summed E-state index contributed by atoms with van der Waals surface area (Å²) in [6, 6.07) is 2.00. The smallest absolute Gasteiger partial charge is 0.134 e. The highest BCUT2D eigenvalue weighted by molar-refractivity contribution is 5.48. The Morgan fingerprint density at radius 1 is 1.50 bits per heavy atom. The normalized spacial score (nSPS) is 19.6. The molecule has 1 aromatic rings. The van der Waals surface area contributed by atoms with Gasteiger partial charge in [0.2, 0.25) is 0 Å². The summed E-state index contributed by atoms with van der Waals surface area (Å²) in [5.74, 6) is 3.41. The Morgan fingerprint density at radius 2 is 2.33 bits per heavy atom. The number of nitrogens with zero attached hydrogens (tertiary/aromatic N) is 3. The lowest BCUT2D eigenvalue weighted by atomic mass is 9.99. The molecule has 0 aliphatic carbocycles. The minimum atomic E-state index is 0.719. The fourth-order valence-electron chi connectivity index (χ4n) is 2.44. The van der Waals surface area contributed by atoms with E-state index in [1.54, 1.807) is 0 Å². The van der Waals surface area contributed by atoms with Gasteiger partial charge in [-0.05, 0) is 38.8 Å². The molecule has 1 aliphatic heterocycles. The molecular formula is C13H23N5. The van der Waals surface area contributed by atoms with Crippen LogP contribution >= 0.6 is 0 Å². The molecule has 0 saturated carbocycles. The third kappa shape index (κ3) is 3.32. The van der Waals surface area contributed by atoms with Crippen molar-refractivity contribution in [3.05, 3.63) is 11.9 Å². The SMILES string of the molecule is CNc1cc(N(C)CC2CCCNC2)nc(C)n1. The van der Waals surface area contributed by atoms with E-state index in [0.717, 1.165) is 43.0 Å². The van der Waals surface area contributed by atoms with Crippen LogP contribution in [0.15, 0.2) is 6.07 Å². The Kier molecular flexibility index (Phi) is 4.36. The van der Waals surface area contributed by atoms with Crippen LogP contribution in [0.3, 0.4) is 0 Å². The number of nitrogens with one attached hydrogen (secondary N) is 2. The number of rotatable bonds is 4. The van der Waals surface area contributed by atoms with Gasteiger partial charge < -0.3 is 15.5 Å². The molecule has 1 unspecified atom stereocenters. The van der Waals surface area contributed by atoms with Crippen molar-refractivity contribution in [2.75, 3.05) is 43.9 Å². The van der Waals surface area contributed by atoms with Gasteiger partial charge in [-0.2, -0.15) is 0 Å². The summed E-state index contributed by atoms with van der Waals surface area (Å²) >= 11 is 0. The van der Waals surface area contributed by atoms with Crippen LogP contribution in [0.5, 0.6) is 0 Å². The topological polar surface area (TPSA) is 53.1 Å². The lowest BCUT2D eigenvalue weighted by molar-refractivity contribution is 0.380. The first-order valence-corrected chi connectivity index (χ1v) is 6.64. The van der Waals surface area contributed by atoms with Crippen molar-refractivity contribution >= 4 is 11.6 Å². The molecule has 0 aromatic carbocycles. The minimum Gasteiger partial charge on any atom is -0.373 e. The number of aryl methyl sites for hydroxylation is 1. The Hall–Kier alpha value is -1.36. The molecule has 2 N–H and O–H groups in total. The standard InChI is InChI=1S/C13H23N5/c1-10-16-12(14-2)7-13(17-10)18(3)9-11-5-4-6-15-8-11/h7,11,15H,4-6,8-9H2,1-3H3,(H,14,16,17). The summed E-state index contributed by atoms with van der Waals surface area (Å²) in [4.78, 5) is 11.1. The first-order chi connectivity index (χ1) is 8.69. The highest BCUT2D eigenvalue weighted by atomic mass is 15.2. The second-order valence-corrected chi connectivity index (χ2v) is 5.00. The second-order valence-electron chi connectivity index (χ2n) is 5.00. The van der Waals surface area contributed by atoms with Crippen molar-refractivity contribution < 1.29 is 0 Å². The van der Waals surface area contributed by atoms with Crippen LogP contribution in [0.1, 0.15) is 18.7 Å². The summed E-state index contributed by atoms with van der Waals surface area (Å²) in [6.45, 7) is 5.26. The predicted octanol–water partition coefficient (Wildman–Crippen LogP) is 1.26. The van der Waals surface area contributed by atoms with Gasteiger partial charge in [-0.25, -0.2) is 9.97 Å². The highest BCUT2D eigenvalue weighted by Crippen LogP contribution is 2.18. The van der Waals surface area contributed by atoms with Gasteiger partial charge in [-0.1, -0.05) is 0 Å². The van der Waals surface area contributed by atoms with E-state index in [9.17, 15) is 0 Å². The van der Waals surface area contributed by atoms with E-state index >= 15 is 0 Å². The van der Waals surface area contributed by atoms with Crippen molar-refractivity contribution in [1.82, 2.24) is 15.3 Å². The third-order valence-electron chi connectivity index (χ3n) is 3.40. The second kappa shape index (κ2) is 6.00. The zero-order valence-corrected chi connectivity index (χ0v) is 11.5. The zero-order chi connectivity index (χ0) is 13.0. The van der Waals surface area contributed by atoms with Crippen LogP contribution < -0.4 is 15.5 Å². The Morgan fingerprint density at radius 3 is 3.00 bits per heavy atom. The molecular weight excluding hydrogens is 226 g/mol. The predicted molar refractivity (Wildman–Crippen MR) is 75.2 cm³/mol. The fourth-order valence-corrected chi connectivity index (χ4v) is 2.44. The first-order valence-electron chi connectivity index (χ1n) is 6.64. The largest absolute Gasteiger partial charge is 0.373 e. The van der Waals surface area contributed by atoms with Crippen molar-refractivity contribution in [2.24, 2.45) is 5.92 Å². The summed E-state index contributed by atoms with van der Waals surface area (Å²) in [5.41, 5.74) is 0. The van der Waals surface area contributed by atoms with Gasteiger partial charge in [0, 0.05) is 26.7 Å². The maximum atomic E-state index is 4.50. The van der Waals surface area contributed by atoms with Crippen LogP contribution in [0.25, 0.3) is 0 Å². The Bertz CT molecular complexity index is 387. The van der Waals surface area contributed by atoms with Gasteiger partial charge in [-0.15, -0.1) is 0 Å². The summed E-state index contributed by atoms with van der Waals surface area (Å²) in [5, 5.41) is 6.53. The highest BCUT2D eigenvalue weighted by Gasteiger charge is 2.16. The minimum absolute atomic E-state index is 0.719. The number of anilines is 2. The summed E-state index contributed by atoms with van der Waals surface area (Å²) in [6.07, 6.45) is 2.59. The van der Waals surface area contributed by atoms with Gasteiger partial charge in [0.1, 0.15) is 17.5 Å². The van der Waals surface area contributed by atoms with Gasteiger partial charge in [0.15, 0.2) is 0 Å². The molecule has 1 fully saturated rings. The third-order valence-corrected chi connectivity index (χ3v) is 3.40. The van der Waals surface area contributed by atoms with Crippen LogP contribution in [-0.4, -0.2) is 43.7 Å². The maximum Gasteiger partial charge on any atom is 0.134 e. The molecule has 1 aliphatic rings. The lowest BCUT2D eigenvalue weighted by Gasteiger charge is -2.28. The molecule has 18 heavy (non-hydrogen) atoms. The number of aromatic nitrogens is 2. The number of piperidine rings is 1. The van der Waals surface area contributed by atoms with Crippen molar-refractivity contribution in [1.29, 1.82) is 0 Å². The van der Waals surface area contributed by atoms with Crippen molar-refractivity contribution in [2.45, 2.75) is 19.8 Å². The summed E-state index contributed by atoms with van der Waals surface area (Å²) in [7, 11) is 3.99. The van der Waals surface area contributed by atoms with Crippen molar-refractivity contribution in [3.8, 4) is 0 Å². The fraction of sp³-hybridized carbons (Fsp3) is 0.692. The van der Waals surface area contributed by atoms with Crippen LogP contribution in [0, 0.1) is 12.8 Å². The zero-order valence-electron chi connectivity index (χ0n) is 11.5. The maximum absolute atomic E-state index is 4.50. The molecule has 0 bridgehead atoms. The van der Waals surface area contributed by atoms with E-state index in [0.29, 0.717) is 0 Å². The molecule has 1 saturated heterocycles. The molecule has 5 heteroatoms. The van der Waals surface area contributed by atoms with E-state index in [2.05, 4.69) is 32.5 Å². The molecule has 0 amide bonds. The van der Waals surface area contributed by atoms with Crippen LogP contribution in [0.4, 0.5) is 11.6 Å². The van der Waals surface area contributed by atoms with E-state index in [-0.39, 0.29) is 0 Å². The van der Waals surface area contributed by atoms with Crippen LogP contribution in [0.2, 0.25) is 0 Å². The van der Waals surface area contributed by atoms with E-state index < -0.39 is 0 Å². The van der Waals surface area contributed by atoms with E-state index in [1.165, 1.54) is 12.8 Å². The molecule has 0 radical (unpaired) electrons. The molecule has 2 heterocycles. The Balaban J connectivity index is 2.02. The molecule has 1 aromatic heterocycles. The summed E-state index contributed by atoms with van der Waals surface area (Å²) < 4.78 is 0. The number of hydrogen-bond donors (Lipinski definition) is 2. The average Bonchev–Trinajstić information content (AvgIpc) is 2.39. The molecule has 5 nitrogen and oxygen atoms in total. The average molecular weight is 249 g/mol. The van der Waals surface area contributed by atoms with E-state index in [4.69, 9.17) is 0 Å². The molecule has 0 spiro atoms. The monoisotopic (exact) mass is 249 g/mol. The van der Waals surface area contributed by atoms with Crippen molar-refractivity contribution in [3.63, 3.8) is 0 Å². The molecule has 2 rings (SSSR count). The quantitative estimate of drug-likeness (QED) is 0.841. The van der Waals surface area contributed by atoms with Gasteiger partial charge in [0.05, 0.1) is 0 Å². The lowest BCUT2D eigenvalue weighted by Crippen LogP contribution is -2.37. The van der Waals surface area contributed by atoms with Gasteiger partial charge >= 0.3 is 0 Å². The number of hydrogen-bond acceptors (Lipinski definition) is 5. The molecule has 100 valence electrons. The van der Waals surface area contributed by atoms with Crippen LogP contribution in [-0.2, 0) is 0 Å². The van der Waals surface area contributed by atoms with Gasteiger partial charge in [0.25, 0.3) is 0 Å².